The molecule has 2 aromatic carbocycles. The number of nitrogens with zero attached hydrogens (tertiary/aromatic N) is 3. The number of rotatable bonds is 3. The number of carbonyl (C=O) groups is 1. The van der Waals surface area contributed by atoms with Crippen molar-refractivity contribution in [3.63, 3.8) is 0 Å². The summed E-state index contributed by atoms with van der Waals surface area (Å²) in [6.07, 6.45) is 2.90. The second-order valence-electron chi connectivity index (χ2n) is 7.10. The summed E-state index contributed by atoms with van der Waals surface area (Å²) in [5, 5.41) is 2.36. The lowest BCUT2D eigenvalue weighted by Gasteiger charge is -2.21. The number of benzene rings is 2. The van der Waals surface area contributed by atoms with Crippen molar-refractivity contribution in [2.45, 2.75) is 12.3 Å². The van der Waals surface area contributed by atoms with Crippen LogP contribution in [-0.4, -0.2) is 43.0 Å². The fourth-order valence-electron chi connectivity index (χ4n) is 3.72. The molecule has 4 rings (SSSR count). The van der Waals surface area contributed by atoms with Crippen molar-refractivity contribution in [1.82, 2.24) is 9.88 Å². The molecule has 26 heavy (non-hydrogen) atoms. The second-order valence-corrected chi connectivity index (χ2v) is 7.10. The molecule has 1 aromatic heterocycles. The quantitative estimate of drug-likeness (QED) is 0.722. The fourth-order valence-corrected chi connectivity index (χ4v) is 3.72. The van der Waals surface area contributed by atoms with Crippen LogP contribution in [0.1, 0.15) is 28.4 Å². The van der Waals surface area contributed by atoms with E-state index >= 15 is 0 Å². The van der Waals surface area contributed by atoms with Gasteiger partial charge in [-0.2, -0.15) is 0 Å². The van der Waals surface area contributed by atoms with E-state index in [1.54, 1.807) is 0 Å². The van der Waals surface area contributed by atoms with Gasteiger partial charge < -0.3 is 9.80 Å². The van der Waals surface area contributed by atoms with E-state index in [4.69, 9.17) is 0 Å². The van der Waals surface area contributed by atoms with E-state index in [2.05, 4.69) is 29.2 Å². The third-order valence-corrected chi connectivity index (χ3v) is 5.16. The van der Waals surface area contributed by atoms with E-state index in [9.17, 15) is 4.79 Å². The first-order chi connectivity index (χ1) is 12.6. The summed E-state index contributed by atoms with van der Waals surface area (Å²) in [4.78, 5) is 21.6. The van der Waals surface area contributed by atoms with Crippen LogP contribution in [0.5, 0.6) is 0 Å². The van der Waals surface area contributed by atoms with Crippen molar-refractivity contribution in [2.75, 3.05) is 32.1 Å². The Balaban J connectivity index is 1.55. The predicted molar refractivity (Wildman–Crippen MR) is 106 cm³/mol. The van der Waals surface area contributed by atoms with Crippen molar-refractivity contribution < 1.29 is 4.79 Å². The molecule has 0 bridgehead atoms. The molecular formula is C22H23N3O. The first kappa shape index (κ1) is 16.6. The number of amides is 1. The third kappa shape index (κ3) is 3.03. The summed E-state index contributed by atoms with van der Waals surface area (Å²) in [7, 11) is 3.94. The van der Waals surface area contributed by atoms with Crippen LogP contribution in [0.25, 0.3) is 10.8 Å². The van der Waals surface area contributed by atoms with E-state index in [0.717, 1.165) is 41.8 Å². The maximum Gasteiger partial charge on any atom is 0.255 e. The van der Waals surface area contributed by atoms with Gasteiger partial charge in [-0.3, -0.25) is 9.78 Å². The predicted octanol–water partition coefficient (Wildman–Crippen LogP) is 3.93. The van der Waals surface area contributed by atoms with Crippen LogP contribution in [0.2, 0.25) is 0 Å². The number of pyridine rings is 1. The Bertz CT molecular complexity index is 951. The molecule has 0 saturated carbocycles. The fraction of sp³-hybridized carbons (Fsp3) is 0.273. The molecule has 132 valence electrons. The Labute approximate surface area is 154 Å². The lowest BCUT2D eigenvalue weighted by molar-refractivity contribution is 0.0791. The van der Waals surface area contributed by atoms with Crippen molar-refractivity contribution in [3.05, 3.63) is 72.1 Å². The normalized spacial score (nSPS) is 16.8. The molecule has 3 aromatic rings. The van der Waals surface area contributed by atoms with Crippen LogP contribution >= 0.6 is 0 Å². The minimum atomic E-state index is 0.109. The van der Waals surface area contributed by atoms with Crippen molar-refractivity contribution >= 4 is 22.4 Å². The van der Waals surface area contributed by atoms with Crippen LogP contribution in [-0.2, 0) is 0 Å². The highest BCUT2D eigenvalue weighted by atomic mass is 16.2. The number of likely N-dealkylation sites (tertiary alicyclic amines) is 1. The van der Waals surface area contributed by atoms with E-state index in [-0.39, 0.29) is 5.91 Å². The molecule has 1 amide bonds. The maximum absolute atomic E-state index is 13.0. The summed E-state index contributed by atoms with van der Waals surface area (Å²) < 4.78 is 0. The Kier molecular flexibility index (Phi) is 4.33. The lowest BCUT2D eigenvalue weighted by Crippen LogP contribution is -2.30. The molecular weight excluding hydrogens is 322 g/mol. The minimum absolute atomic E-state index is 0.109. The van der Waals surface area contributed by atoms with E-state index in [1.807, 2.05) is 60.4 Å². The molecule has 1 aliphatic rings. The first-order valence-corrected chi connectivity index (χ1v) is 9.04. The van der Waals surface area contributed by atoms with Crippen LogP contribution in [0.3, 0.4) is 0 Å². The average molecular weight is 345 g/mol. The molecule has 0 N–H and O–H groups in total. The summed E-state index contributed by atoms with van der Waals surface area (Å²) in [5.74, 6) is 0.410. The SMILES string of the molecule is CN(C)c1ccccc1C(=O)N1CC[C@@H](c2cc3ccccc3cn2)C1. The zero-order valence-electron chi connectivity index (χ0n) is 15.2. The van der Waals surface area contributed by atoms with Gasteiger partial charge in [0, 0.05) is 56.1 Å². The smallest absolute Gasteiger partial charge is 0.255 e. The molecule has 4 heteroatoms. The average Bonchev–Trinajstić information content (AvgIpc) is 3.17. The molecule has 1 saturated heterocycles. The van der Waals surface area contributed by atoms with Crippen LogP contribution < -0.4 is 4.90 Å². The number of hydrogen-bond donors (Lipinski definition) is 0. The molecule has 0 unspecified atom stereocenters. The Morgan fingerprint density at radius 2 is 1.81 bits per heavy atom. The Hall–Kier alpha value is -2.88. The van der Waals surface area contributed by atoms with Gasteiger partial charge in [-0.1, -0.05) is 36.4 Å². The molecule has 0 aliphatic carbocycles. The standard InChI is InChI=1S/C22H23N3O/c1-24(2)21-10-6-5-9-19(21)22(26)25-12-11-18(15-25)20-13-16-7-3-4-8-17(16)14-23-20/h3-10,13-14,18H,11-12,15H2,1-2H3/t18-/m1/s1. The lowest BCUT2D eigenvalue weighted by atomic mass is 10.0. The molecule has 0 radical (unpaired) electrons. The van der Waals surface area contributed by atoms with E-state index < -0.39 is 0 Å². The molecule has 0 spiro atoms. The van der Waals surface area contributed by atoms with Crippen LogP contribution in [0.4, 0.5) is 5.69 Å². The number of aromatic nitrogens is 1. The number of hydrogen-bond acceptors (Lipinski definition) is 3. The van der Waals surface area contributed by atoms with Gasteiger partial charge in [-0.15, -0.1) is 0 Å². The Morgan fingerprint density at radius 3 is 2.62 bits per heavy atom. The van der Waals surface area contributed by atoms with Gasteiger partial charge in [-0.05, 0) is 30.0 Å². The maximum atomic E-state index is 13.0. The van der Waals surface area contributed by atoms with Crippen LogP contribution in [0.15, 0.2) is 60.8 Å². The minimum Gasteiger partial charge on any atom is -0.377 e. The topological polar surface area (TPSA) is 36.4 Å². The monoisotopic (exact) mass is 345 g/mol. The summed E-state index contributed by atoms with van der Waals surface area (Å²) in [6, 6.07) is 18.3. The molecule has 2 heterocycles. The highest BCUT2D eigenvalue weighted by Crippen LogP contribution is 2.30. The van der Waals surface area contributed by atoms with Gasteiger partial charge in [0.2, 0.25) is 0 Å². The van der Waals surface area contributed by atoms with Crippen molar-refractivity contribution in [1.29, 1.82) is 0 Å². The van der Waals surface area contributed by atoms with Gasteiger partial charge >= 0.3 is 0 Å². The molecule has 1 fully saturated rings. The number of anilines is 1. The van der Waals surface area contributed by atoms with Crippen molar-refractivity contribution in [3.8, 4) is 0 Å². The first-order valence-electron chi connectivity index (χ1n) is 9.04. The number of carbonyl (C=O) groups excluding carboxylic acids is 1. The number of para-hydroxylation sites is 1. The third-order valence-electron chi connectivity index (χ3n) is 5.16. The molecule has 4 nitrogen and oxygen atoms in total. The van der Waals surface area contributed by atoms with Gasteiger partial charge in [0.1, 0.15) is 0 Å². The highest BCUT2D eigenvalue weighted by Gasteiger charge is 2.30. The zero-order chi connectivity index (χ0) is 18.1. The van der Waals surface area contributed by atoms with E-state index in [1.165, 1.54) is 5.39 Å². The largest absolute Gasteiger partial charge is 0.377 e. The second kappa shape index (κ2) is 6.79. The van der Waals surface area contributed by atoms with Crippen molar-refractivity contribution in [2.24, 2.45) is 0 Å². The van der Waals surface area contributed by atoms with Gasteiger partial charge in [0.15, 0.2) is 0 Å². The summed E-state index contributed by atoms with van der Waals surface area (Å²) >= 11 is 0. The molecule has 1 aliphatic heterocycles. The molecule has 1 atom stereocenters. The zero-order valence-corrected chi connectivity index (χ0v) is 15.2. The van der Waals surface area contributed by atoms with Crippen LogP contribution in [0, 0.1) is 0 Å². The van der Waals surface area contributed by atoms with Gasteiger partial charge in [-0.25, -0.2) is 0 Å². The van der Waals surface area contributed by atoms with E-state index in [0.29, 0.717) is 5.92 Å². The number of fused-ring (bicyclic) bond motifs is 1. The Morgan fingerprint density at radius 1 is 1.08 bits per heavy atom. The highest BCUT2D eigenvalue weighted by molar-refractivity contribution is 6.00. The summed E-state index contributed by atoms with van der Waals surface area (Å²) in [6.45, 7) is 1.51. The van der Waals surface area contributed by atoms with Gasteiger partial charge in [0.05, 0.1) is 5.56 Å². The summed E-state index contributed by atoms with van der Waals surface area (Å²) in [5.41, 5.74) is 2.81. The van der Waals surface area contributed by atoms with Gasteiger partial charge in [0.25, 0.3) is 5.91 Å².